The molecule has 0 radical (unpaired) electrons. The number of pyridine rings is 1. The normalized spacial score (nSPS) is 12.1. The van der Waals surface area contributed by atoms with Gasteiger partial charge in [0.05, 0.1) is 18.7 Å². The summed E-state index contributed by atoms with van der Waals surface area (Å²) in [6.45, 7) is 13.6. The highest BCUT2D eigenvalue weighted by atomic mass is 16.6. The third-order valence-electron chi connectivity index (χ3n) is 4.63. The second-order valence-corrected chi connectivity index (χ2v) is 7.90. The fourth-order valence-electron chi connectivity index (χ4n) is 3.23. The number of tetrazole rings is 1. The minimum absolute atomic E-state index is 0.393. The Morgan fingerprint density at radius 2 is 1.97 bits per heavy atom. The lowest BCUT2D eigenvalue weighted by atomic mass is 10.2. The summed E-state index contributed by atoms with van der Waals surface area (Å²) < 4.78 is 14.8. The number of carbonyl (C=O) groups is 1. The molecule has 0 atom stereocenters. The van der Waals surface area contributed by atoms with Crippen LogP contribution in [0.3, 0.4) is 0 Å². The molecule has 29 heavy (non-hydrogen) atoms. The number of aryl methyl sites for hydroxylation is 3. The van der Waals surface area contributed by atoms with E-state index in [1.165, 1.54) is 0 Å². The van der Waals surface area contributed by atoms with Gasteiger partial charge in [0.25, 0.3) is 0 Å². The van der Waals surface area contributed by atoms with Gasteiger partial charge < -0.3 is 19.4 Å². The number of aromatic nitrogens is 6. The number of rotatable bonds is 7. The van der Waals surface area contributed by atoms with Crippen molar-refractivity contribution >= 4 is 22.8 Å². The molecule has 3 aromatic heterocycles. The molecule has 0 aliphatic rings. The Balaban J connectivity index is 1.65. The topological polar surface area (TPSA) is 108 Å². The minimum Gasteiger partial charge on any atom is -0.444 e. The first-order valence-electron chi connectivity index (χ1n) is 9.84. The summed E-state index contributed by atoms with van der Waals surface area (Å²) in [7, 11) is 0. The van der Waals surface area contributed by atoms with Crippen molar-refractivity contribution < 1.29 is 14.3 Å². The Bertz CT molecular complexity index is 1020. The summed E-state index contributed by atoms with van der Waals surface area (Å²) in [5, 5.41) is 14.7. The van der Waals surface area contributed by atoms with Crippen LogP contribution in [0.4, 0.5) is 4.79 Å². The molecule has 3 aromatic rings. The van der Waals surface area contributed by atoms with Crippen LogP contribution < -0.4 is 5.32 Å². The molecular weight excluding hydrogens is 374 g/mol. The summed E-state index contributed by atoms with van der Waals surface area (Å²) in [5.41, 5.74) is 4.09. The molecule has 1 amide bonds. The molecule has 0 aliphatic carbocycles. The standard InChI is InChI=1S/C19H29N7O3/c1-7-14-21-15-16(12(2)13(3)26-17(15)22-23-24-26)25(14)9-11-28-10-8-20-18(27)29-19(4,5)6/h7-11H2,1-6H3,(H,20,27). The molecule has 1 N–H and O–H groups in total. The van der Waals surface area contributed by atoms with Crippen molar-refractivity contribution in [3.63, 3.8) is 0 Å². The first-order valence-corrected chi connectivity index (χ1v) is 9.84. The van der Waals surface area contributed by atoms with Crippen molar-refractivity contribution in [3.8, 4) is 0 Å². The molecule has 0 saturated carbocycles. The van der Waals surface area contributed by atoms with Gasteiger partial charge in [-0.05, 0) is 50.6 Å². The first kappa shape index (κ1) is 21.0. The van der Waals surface area contributed by atoms with E-state index in [4.69, 9.17) is 14.5 Å². The zero-order chi connectivity index (χ0) is 21.2. The van der Waals surface area contributed by atoms with Crippen molar-refractivity contribution in [3.05, 3.63) is 17.1 Å². The van der Waals surface area contributed by atoms with E-state index in [1.807, 2.05) is 27.7 Å². The molecule has 0 fully saturated rings. The van der Waals surface area contributed by atoms with E-state index in [2.05, 4.69) is 39.3 Å². The monoisotopic (exact) mass is 403 g/mol. The number of nitrogens with one attached hydrogen (secondary N) is 1. The number of amides is 1. The van der Waals surface area contributed by atoms with Crippen molar-refractivity contribution in [2.45, 2.75) is 60.1 Å². The first-order chi connectivity index (χ1) is 13.7. The molecule has 0 aromatic carbocycles. The zero-order valence-corrected chi connectivity index (χ0v) is 17.9. The third-order valence-corrected chi connectivity index (χ3v) is 4.63. The maximum Gasteiger partial charge on any atom is 0.407 e. The van der Waals surface area contributed by atoms with Crippen molar-refractivity contribution in [2.24, 2.45) is 0 Å². The molecule has 158 valence electrons. The fraction of sp³-hybridized carbons (Fsp3) is 0.632. The SMILES string of the molecule is CCc1nc2c(c(C)c(C)n3nnnc23)n1CCOCCNC(=O)OC(C)(C)C. The van der Waals surface area contributed by atoms with Gasteiger partial charge in [-0.15, -0.1) is 5.10 Å². The van der Waals surface area contributed by atoms with Gasteiger partial charge in [-0.1, -0.05) is 6.92 Å². The number of carbonyl (C=O) groups excluding carboxylic acids is 1. The Labute approximate surface area is 169 Å². The average Bonchev–Trinajstić information content (AvgIpc) is 3.25. The summed E-state index contributed by atoms with van der Waals surface area (Å²) >= 11 is 0. The van der Waals surface area contributed by atoms with Crippen molar-refractivity contribution in [1.29, 1.82) is 0 Å². The lowest BCUT2D eigenvalue weighted by Gasteiger charge is -2.19. The van der Waals surface area contributed by atoms with Gasteiger partial charge in [0.1, 0.15) is 16.9 Å². The number of alkyl carbamates (subject to hydrolysis) is 1. The molecule has 0 saturated heterocycles. The Kier molecular flexibility index (Phi) is 6.02. The number of hydrogen-bond acceptors (Lipinski definition) is 7. The van der Waals surface area contributed by atoms with Crippen LogP contribution in [0.1, 0.15) is 44.8 Å². The lowest BCUT2D eigenvalue weighted by Crippen LogP contribution is -2.34. The summed E-state index contributed by atoms with van der Waals surface area (Å²) in [5.74, 6) is 0.967. The zero-order valence-electron chi connectivity index (χ0n) is 17.9. The highest BCUT2D eigenvalue weighted by Crippen LogP contribution is 2.26. The molecule has 0 bridgehead atoms. The van der Waals surface area contributed by atoms with E-state index < -0.39 is 11.7 Å². The van der Waals surface area contributed by atoms with Crippen LogP contribution in [0.2, 0.25) is 0 Å². The maximum absolute atomic E-state index is 11.6. The summed E-state index contributed by atoms with van der Waals surface area (Å²) in [6.07, 6.45) is 0.355. The van der Waals surface area contributed by atoms with Gasteiger partial charge >= 0.3 is 6.09 Å². The average molecular weight is 403 g/mol. The fourth-order valence-corrected chi connectivity index (χ4v) is 3.23. The highest BCUT2D eigenvalue weighted by Gasteiger charge is 2.19. The Morgan fingerprint density at radius 1 is 1.21 bits per heavy atom. The number of nitrogens with zero attached hydrogens (tertiary/aromatic N) is 6. The van der Waals surface area contributed by atoms with Crippen LogP contribution in [0.5, 0.6) is 0 Å². The van der Waals surface area contributed by atoms with Crippen molar-refractivity contribution in [1.82, 2.24) is 34.9 Å². The minimum atomic E-state index is -0.509. The molecule has 3 heterocycles. The highest BCUT2D eigenvalue weighted by molar-refractivity contribution is 5.91. The largest absolute Gasteiger partial charge is 0.444 e. The third kappa shape index (κ3) is 4.47. The molecule has 3 rings (SSSR count). The van der Waals surface area contributed by atoms with Gasteiger partial charge in [-0.3, -0.25) is 0 Å². The van der Waals surface area contributed by atoms with Crippen LogP contribution in [0.15, 0.2) is 0 Å². The van der Waals surface area contributed by atoms with Gasteiger partial charge in [-0.2, -0.15) is 4.52 Å². The second-order valence-electron chi connectivity index (χ2n) is 7.90. The predicted molar refractivity (Wildman–Crippen MR) is 108 cm³/mol. The Hall–Kier alpha value is -2.75. The van der Waals surface area contributed by atoms with Crippen LogP contribution in [-0.2, 0) is 22.4 Å². The number of ether oxygens (including phenoxy) is 2. The Morgan fingerprint density at radius 3 is 2.66 bits per heavy atom. The van der Waals surface area contributed by atoms with Crippen LogP contribution in [0.25, 0.3) is 16.7 Å². The smallest absolute Gasteiger partial charge is 0.407 e. The van der Waals surface area contributed by atoms with Gasteiger partial charge in [0.2, 0.25) is 5.65 Å². The molecule has 10 heteroatoms. The second kappa shape index (κ2) is 8.32. The van der Waals surface area contributed by atoms with Crippen LogP contribution in [0, 0.1) is 13.8 Å². The van der Waals surface area contributed by atoms with E-state index in [1.54, 1.807) is 4.52 Å². The van der Waals surface area contributed by atoms with E-state index in [9.17, 15) is 4.79 Å². The molecule has 0 spiro atoms. The molecule has 0 unspecified atom stereocenters. The number of hydrogen-bond donors (Lipinski definition) is 1. The predicted octanol–water partition coefficient (Wildman–Crippen LogP) is 2.19. The maximum atomic E-state index is 11.6. The van der Waals surface area contributed by atoms with E-state index in [-0.39, 0.29) is 0 Å². The van der Waals surface area contributed by atoms with Gasteiger partial charge in [0, 0.05) is 25.2 Å². The van der Waals surface area contributed by atoms with E-state index in [0.29, 0.717) is 32.0 Å². The van der Waals surface area contributed by atoms with Crippen molar-refractivity contribution in [2.75, 3.05) is 19.8 Å². The molecule has 0 aliphatic heterocycles. The molecular formula is C19H29N7O3. The lowest BCUT2D eigenvalue weighted by molar-refractivity contribution is 0.0497. The molecule has 10 nitrogen and oxygen atoms in total. The summed E-state index contributed by atoms with van der Waals surface area (Å²) in [6, 6.07) is 0. The summed E-state index contributed by atoms with van der Waals surface area (Å²) in [4.78, 5) is 16.4. The quantitative estimate of drug-likeness (QED) is 0.602. The number of fused-ring (bicyclic) bond motifs is 3. The van der Waals surface area contributed by atoms with E-state index >= 15 is 0 Å². The van der Waals surface area contributed by atoms with E-state index in [0.717, 1.165) is 34.5 Å². The van der Waals surface area contributed by atoms with Gasteiger partial charge in [-0.25, -0.2) is 9.78 Å². The van der Waals surface area contributed by atoms with Crippen LogP contribution in [-0.4, -0.2) is 61.0 Å². The van der Waals surface area contributed by atoms with Crippen LogP contribution >= 0.6 is 0 Å². The number of imidazole rings is 1. The van der Waals surface area contributed by atoms with Gasteiger partial charge in [0.15, 0.2) is 0 Å².